The summed E-state index contributed by atoms with van der Waals surface area (Å²) in [6, 6.07) is 5.97. The lowest BCUT2D eigenvalue weighted by Crippen LogP contribution is -2.14. The molecule has 1 aromatic heterocycles. The third kappa shape index (κ3) is 1.81. The first-order chi connectivity index (χ1) is 7.63. The summed E-state index contributed by atoms with van der Waals surface area (Å²) in [5, 5.41) is 14.4. The minimum atomic E-state index is -0.313. The van der Waals surface area contributed by atoms with Crippen LogP contribution in [0.2, 0.25) is 0 Å². The molecule has 0 bridgehead atoms. The monoisotopic (exact) mass is 219 g/mol. The highest BCUT2D eigenvalue weighted by molar-refractivity contribution is 5.79. The molecule has 4 heteroatoms. The van der Waals surface area contributed by atoms with Crippen LogP contribution in [0.4, 0.5) is 0 Å². The maximum atomic E-state index is 9.01. The van der Waals surface area contributed by atoms with Crippen molar-refractivity contribution in [3.63, 3.8) is 0 Å². The minimum absolute atomic E-state index is 0.0379. The Balaban J connectivity index is 2.49. The highest BCUT2D eigenvalue weighted by Crippen LogP contribution is 2.21. The summed E-state index contributed by atoms with van der Waals surface area (Å²) in [5.41, 5.74) is 7.82. The van der Waals surface area contributed by atoms with Crippen molar-refractivity contribution < 1.29 is 5.11 Å². The minimum Gasteiger partial charge on any atom is -0.394 e. The van der Waals surface area contributed by atoms with Crippen LogP contribution in [0.1, 0.15) is 31.5 Å². The molecule has 0 aliphatic rings. The van der Waals surface area contributed by atoms with E-state index >= 15 is 0 Å². The van der Waals surface area contributed by atoms with Crippen LogP contribution in [-0.4, -0.2) is 21.5 Å². The van der Waals surface area contributed by atoms with Crippen molar-refractivity contribution in [1.29, 1.82) is 0 Å². The van der Waals surface area contributed by atoms with Gasteiger partial charge in [0, 0.05) is 11.4 Å². The van der Waals surface area contributed by atoms with Gasteiger partial charge in [-0.25, -0.2) is 0 Å². The maximum Gasteiger partial charge on any atom is 0.0685 e. The van der Waals surface area contributed by atoms with E-state index in [0.29, 0.717) is 6.04 Å². The molecule has 0 radical (unpaired) electrons. The van der Waals surface area contributed by atoms with E-state index in [4.69, 9.17) is 10.8 Å². The van der Waals surface area contributed by atoms with Crippen molar-refractivity contribution in [3.8, 4) is 0 Å². The van der Waals surface area contributed by atoms with Gasteiger partial charge in [-0.1, -0.05) is 6.07 Å². The van der Waals surface area contributed by atoms with E-state index in [9.17, 15) is 0 Å². The largest absolute Gasteiger partial charge is 0.394 e. The van der Waals surface area contributed by atoms with E-state index in [1.54, 1.807) is 0 Å². The van der Waals surface area contributed by atoms with Crippen LogP contribution in [-0.2, 0) is 0 Å². The summed E-state index contributed by atoms with van der Waals surface area (Å²) >= 11 is 0. The van der Waals surface area contributed by atoms with Crippen LogP contribution in [0.15, 0.2) is 24.4 Å². The normalized spacial score (nSPS) is 13.6. The van der Waals surface area contributed by atoms with Crippen LogP contribution in [0.25, 0.3) is 10.9 Å². The fourth-order valence-corrected chi connectivity index (χ4v) is 1.82. The molecule has 2 rings (SSSR count). The number of nitrogens with zero attached hydrogens (tertiary/aromatic N) is 2. The molecule has 1 heterocycles. The molecule has 4 nitrogen and oxygen atoms in total. The number of rotatable bonds is 3. The second-order valence-electron chi connectivity index (χ2n) is 4.29. The van der Waals surface area contributed by atoms with Gasteiger partial charge in [0.2, 0.25) is 0 Å². The molecule has 3 N–H and O–H groups in total. The molecule has 16 heavy (non-hydrogen) atoms. The van der Waals surface area contributed by atoms with Crippen LogP contribution >= 0.6 is 0 Å². The van der Waals surface area contributed by atoms with E-state index in [0.717, 1.165) is 16.5 Å². The number of hydrogen-bond donors (Lipinski definition) is 2. The third-order valence-corrected chi connectivity index (χ3v) is 2.73. The van der Waals surface area contributed by atoms with Gasteiger partial charge in [0.05, 0.1) is 24.4 Å². The zero-order chi connectivity index (χ0) is 11.7. The molecule has 1 unspecified atom stereocenters. The Hall–Kier alpha value is -1.39. The summed E-state index contributed by atoms with van der Waals surface area (Å²) in [6.07, 6.45) is 1.84. The Morgan fingerprint density at radius 3 is 2.81 bits per heavy atom. The lowest BCUT2D eigenvalue weighted by molar-refractivity contribution is 0.268. The van der Waals surface area contributed by atoms with Gasteiger partial charge < -0.3 is 10.8 Å². The van der Waals surface area contributed by atoms with Crippen molar-refractivity contribution in [2.75, 3.05) is 6.61 Å². The Morgan fingerprint density at radius 2 is 2.19 bits per heavy atom. The average Bonchev–Trinajstić information content (AvgIpc) is 2.70. The number of aromatic nitrogens is 2. The summed E-state index contributed by atoms with van der Waals surface area (Å²) < 4.78 is 1.98. The molecule has 0 aliphatic heterocycles. The van der Waals surface area contributed by atoms with E-state index in [2.05, 4.69) is 18.9 Å². The second kappa shape index (κ2) is 4.23. The van der Waals surface area contributed by atoms with Gasteiger partial charge in [0.15, 0.2) is 0 Å². The number of aliphatic hydroxyl groups is 1. The summed E-state index contributed by atoms with van der Waals surface area (Å²) in [6.45, 7) is 4.16. The molecule has 0 saturated carbocycles. The number of nitrogens with two attached hydrogens (primary N) is 1. The van der Waals surface area contributed by atoms with Gasteiger partial charge in [-0.05, 0) is 31.5 Å². The fourth-order valence-electron chi connectivity index (χ4n) is 1.82. The van der Waals surface area contributed by atoms with Gasteiger partial charge in [-0.2, -0.15) is 5.10 Å². The number of benzene rings is 1. The summed E-state index contributed by atoms with van der Waals surface area (Å²) in [5.74, 6) is 0. The van der Waals surface area contributed by atoms with Gasteiger partial charge in [-0.15, -0.1) is 0 Å². The molecule has 1 aromatic carbocycles. The molecule has 0 aliphatic carbocycles. The molecule has 86 valence electrons. The van der Waals surface area contributed by atoms with Gasteiger partial charge in [0.1, 0.15) is 0 Å². The molecule has 0 saturated heterocycles. The zero-order valence-electron chi connectivity index (χ0n) is 9.59. The third-order valence-electron chi connectivity index (χ3n) is 2.73. The van der Waals surface area contributed by atoms with Crippen molar-refractivity contribution in [1.82, 2.24) is 9.78 Å². The van der Waals surface area contributed by atoms with Crippen molar-refractivity contribution >= 4 is 10.9 Å². The van der Waals surface area contributed by atoms with Gasteiger partial charge >= 0.3 is 0 Å². The second-order valence-corrected chi connectivity index (χ2v) is 4.29. The molecule has 2 aromatic rings. The first-order valence-corrected chi connectivity index (χ1v) is 5.47. The molecular weight excluding hydrogens is 202 g/mol. The number of hydrogen-bond acceptors (Lipinski definition) is 3. The quantitative estimate of drug-likeness (QED) is 0.824. The molecule has 0 spiro atoms. The van der Waals surface area contributed by atoms with Crippen LogP contribution < -0.4 is 5.73 Å². The van der Waals surface area contributed by atoms with Gasteiger partial charge in [0.25, 0.3) is 0 Å². The molecular formula is C12H17N3O. The topological polar surface area (TPSA) is 64.1 Å². The van der Waals surface area contributed by atoms with E-state index in [-0.39, 0.29) is 12.6 Å². The van der Waals surface area contributed by atoms with E-state index in [1.165, 1.54) is 0 Å². The van der Waals surface area contributed by atoms with Gasteiger partial charge in [-0.3, -0.25) is 4.68 Å². The fraction of sp³-hybridized carbons (Fsp3) is 0.417. The molecule has 0 fully saturated rings. The predicted octanol–water partition coefficient (Wildman–Crippen LogP) is 1.61. The maximum absolute atomic E-state index is 9.01. The predicted molar refractivity (Wildman–Crippen MR) is 64.1 cm³/mol. The van der Waals surface area contributed by atoms with Crippen molar-refractivity contribution in [2.24, 2.45) is 5.73 Å². The molecule has 1 atom stereocenters. The van der Waals surface area contributed by atoms with Crippen molar-refractivity contribution in [2.45, 2.75) is 25.9 Å². The molecule has 0 amide bonds. The highest BCUT2D eigenvalue weighted by atomic mass is 16.3. The van der Waals surface area contributed by atoms with Crippen LogP contribution in [0, 0.1) is 0 Å². The Morgan fingerprint density at radius 1 is 1.44 bits per heavy atom. The summed E-state index contributed by atoms with van der Waals surface area (Å²) in [7, 11) is 0. The smallest absolute Gasteiger partial charge is 0.0685 e. The van der Waals surface area contributed by atoms with Crippen molar-refractivity contribution in [3.05, 3.63) is 30.0 Å². The lowest BCUT2D eigenvalue weighted by atomic mass is 10.1. The Labute approximate surface area is 94.7 Å². The highest BCUT2D eigenvalue weighted by Gasteiger charge is 2.09. The number of fused-ring (bicyclic) bond motifs is 1. The summed E-state index contributed by atoms with van der Waals surface area (Å²) in [4.78, 5) is 0. The average molecular weight is 219 g/mol. The first kappa shape index (κ1) is 11.1. The van der Waals surface area contributed by atoms with E-state index in [1.807, 2.05) is 29.1 Å². The SMILES string of the molecule is CC(C)n1ncc2cc(C(N)CO)ccc21. The first-order valence-electron chi connectivity index (χ1n) is 5.47. The Kier molecular flexibility index (Phi) is 2.94. The lowest BCUT2D eigenvalue weighted by Gasteiger charge is -2.10. The Bertz CT molecular complexity index is 490. The standard InChI is InChI=1S/C12H17N3O/c1-8(2)15-12-4-3-9(11(13)7-16)5-10(12)6-14-15/h3-6,8,11,16H,7,13H2,1-2H3. The van der Waals surface area contributed by atoms with Crippen LogP contribution in [0.5, 0.6) is 0 Å². The van der Waals surface area contributed by atoms with Crippen LogP contribution in [0.3, 0.4) is 0 Å². The zero-order valence-corrected chi connectivity index (χ0v) is 9.59. The van der Waals surface area contributed by atoms with E-state index < -0.39 is 0 Å². The number of aliphatic hydroxyl groups excluding tert-OH is 1.